The Labute approximate surface area is 121 Å². The maximum absolute atomic E-state index is 12.7. The summed E-state index contributed by atoms with van der Waals surface area (Å²) >= 11 is 0. The van der Waals surface area contributed by atoms with Crippen LogP contribution in [0.1, 0.15) is 38.2 Å². The Bertz CT molecular complexity index is 581. The molecule has 1 aliphatic rings. The first-order chi connectivity index (χ1) is 9.59. The van der Waals surface area contributed by atoms with E-state index in [0.29, 0.717) is 17.9 Å². The normalized spacial score (nSPS) is 16.4. The molecule has 1 fully saturated rings. The van der Waals surface area contributed by atoms with Crippen molar-refractivity contribution in [3.05, 3.63) is 29.8 Å². The summed E-state index contributed by atoms with van der Waals surface area (Å²) in [5.41, 5.74) is 0.843. The van der Waals surface area contributed by atoms with Crippen molar-refractivity contribution >= 4 is 10.0 Å². The molecule has 0 heterocycles. The fourth-order valence-electron chi connectivity index (χ4n) is 2.82. The Kier molecular flexibility index (Phi) is 4.79. The highest BCUT2D eigenvalue weighted by Crippen LogP contribution is 2.28. The molecule has 5 heteroatoms. The molecule has 0 atom stereocenters. The van der Waals surface area contributed by atoms with Gasteiger partial charge in [-0.1, -0.05) is 31.9 Å². The number of nitriles is 1. The molecule has 0 aromatic heterocycles. The lowest BCUT2D eigenvalue weighted by Crippen LogP contribution is -2.38. The molecule has 1 aromatic rings. The Morgan fingerprint density at radius 1 is 1.25 bits per heavy atom. The minimum Gasteiger partial charge on any atom is -0.207 e. The van der Waals surface area contributed by atoms with Crippen LogP contribution in [0.15, 0.2) is 29.2 Å². The van der Waals surface area contributed by atoms with Crippen LogP contribution < -0.4 is 0 Å². The maximum atomic E-state index is 12.7. The number of rotatable bonds is 5. The summed E-state index contributed by atoms with van der Waals surface area (Å²) in [6, 6.07) is 8.87. The van der Waals surface area contributed by atoms with Gasteiger partial charge in [0.2, 0.25) is 10.0 Å². The van der Waals surface area contributed by atoms with Gasteiger partial charge in [0.15, 0.2) is 0 Å². The van der Waals surface area contributed by atoms with Gasteiger partial charge < -0.3 is 0 Å². The van der Waals surface area contributed by atoms with E-state index in [0.717, 1.165) is 31.2 Å². The first-order valence-electron chi connectivity index (χ1n) is 7.07. The molecule has 1 aliphatic carbocycles. The van der Waals surface area contributed by atoms with Gasteiger partial charge >= 0.3 is 0 Å². The number of hydrogen-bond donors (Lipinski definition) is 0. The van der Waals surface area contributed by atoms with Gasteiger partial charge in [0.05, 0.1) is 17.4 Å². The van der Waals surface area contributed by atoms with Crippen LogP contribution in [-0.4, -0.2) is 25.3 Å². The van der Waals surface area contributed by atoms with Crippen LogP contribution in [-0.2, 0) is 16.4 Å². The van der Waals surface area contributed by atoms with E-state index in [1.54, 1.807) is 28.6 Å². The van der Waals surface area contributed by atoms with Crippen LogP contribution in [0.2, 0.25) is 0 Å². The first-order valence-corrected chi connectivity index (χ1v) is 8.51. The van der Waals surface area contributed by atoms with Crippen LogP contribution in [0.25, 0.3) is 0 Å². The van der Waals surface area contributed by atoms with E-state index in [1.807, 2.05) is 6.92 Å². The number of hydrogen-bond acceptors (Lipinski definition) is 3. The van der Waals surface area contributed by atoms with Crippen molar-refractivity contribution in [3.63, 3.8) is 0 Å². The van der Waals surface area contributed by atoms with Crippen molar-refractivity contribution in [1.82, 2.24) is 4.31 Å². The predicted octanol–water partition coefficient (Wildman–Crippen LogP) is 2.71. The second kappa shape index (κ2) is 6.38. The van der Waals surface area contributed by atoms with Gasteiger partial charge in [0.25, 0.3) is 0 Å². The van der Waals surface area contributed by atoms with Crippen molar-refractivity contribution < 1.29 is 8.42 Å². The van der Waals surface area contributed by atoms with Gasteiger partial charge in [-0.05, 0) is 30.5 Å². The molecule has 0 spiro atoms. The third kappa shape index (κ3) is 3.02. The van der Waals surface area contributed by atoms with Crippen LogP contribution in [0.3, 0.4) is 0 Å². The van der Waals surface area contributed by atoms with Crippen LogP contribution in [0, 0.1) is 11.3 Å². The highest BCUT2D eigenvalue weighted by Gasteiger charge is 2.31. The lowest BCUT2D eigenvalue weighted by molar-refractivity contribution is 0.335. The van der Waals surface area contributed by atoms with E-state index in [9.17, 15) is 8.42 Å². The molecule has 0 saturated heterocycles. The summed E-state index contributed by atoms with van der Waals surface area (Å²) in [6.07, 6.45) is 4.44. The quantitative estimate of drug-likeness (QED) is 0.838. The van der Waals surface area contributed by atoms with Crippen molar-refractivity contribution in [2.24, 2.45) is 0 Å². The molecule has 0 bridgehead atoms. The number of nitrogens with zero attached hydrogens (tertiary/aromatic N) is 2. The van der Waals surface area contributed by atoms with Crippen molar-refractivity contribution in [2.75, 3.05) is 6.54 Å². The zero-order valence-corrected chi connectivity index (χ0v) is 12.6. The molecule has 0 radical (unpaired) electrons. The largest absolute Gasteiger partial charge is 0.243 e. The summed E-state index contributed by atoms with van der Waals surface area (Å²) in [5.74, 6) is 0. The molecule has 0 unspecified atom stereocenters. The fourth-order valence-corrected chi connectivity index (χ4v) is 4.52. The monoisotopic (exact) mass is 292 g/mol. The van der Waals surface area contributed by atoms with Gasteiger partial charge in [0, 0.05) is 12.6 Å². The minimum absolute atomic E-state index is 0.142. The van der Waals surface area contributed by atoms with E-state index in [1.165, 1.54) is 0 Å². The van der Waals surface area contributed by atoms with Gasteiger partial charge in [-0.25, -0.2) is 8.42 Å². The first kappa shape index (κ1) is 15.0. The van der Waals surface area contributed by atoms with Gasteiger partial charge in [-0.3, -0.25) is 0 Å². The van der Waals surface area contributed by atoms with Crippen molar-refractivity contribution in [3.8, 4) is 6.07 Å². The Balaban J connectivity index is 2.26. The van der Waals surface area contributed by atoms with E-state index < -0.39 is 10.0 Å². The predicted molar refractivity (Wildman–Crippen MR) is 77.6 cm³/mol. The van der Waals surface area contributed by atoms with E-state index >= 15 is 0 Å². The third-order valence-electron chi connectivity index (χ3n) is 3.86. The summed E-state index contributed by atoms with van der Waals surface area (Å²) in [5, 5.41) is 8.64. The lowest BCUT2D eigenvalue weighted by atomic mass is 10.2. The lowest BCUT2D eigenvalue weighted by Gasteiger charge is -2.26. The molecule has 1 saturated carbocycles. The number of sulfonamides is 1. The Morgan fingerprint density at radius 2 is 1.85 bits per heavy atom. The highest BCUT2D eigenvalue weighted by atomic mass is 32.2. The van der Waals surface area contributed by atoms with E-state index in [4.69, 9.17) is 5.26 Å². The van der Waals surface area contributed by atoms with Crippen LogP contribution >= 0.6 is 0 Å². The summed E-state index contributed by atoms with van der Waals surface area (Å²) < 4.78 is 27.0. The van der Waals surface area contributed by atoms with E-state index in [-0.39, 0.29) is 6.04 Å². The maximum Gasteiger partial charge on any atom is 0.243 e. The molecule has 20 heavy (non-hydrogen) atoms. The zero-order chi connectivity index (χ0) is 14.6. The molecule has 108 valence electrons. The molecule has 0 N–H and O–H groups in total. The third-order valence-corrected chi connectivity index (χ3v) is 5.90. The smallest absolute Gasteiger partial charge is 0.207 e. The fraction of sp³-hybridized carbons (Fsp3) is 0.533. The van der Waals surface area contributed by atoms with Crippen molar-refractivity contribution in [2.45, 2.75) is 50.0 Å². The number of benzene rings is 1. The standard InChI is InChI=1S/C15H20N2O2S/c1-2-17(14-5-3-4-6-14)20(18,19)15-9-7-13(8-10-15)11-12-16/h7-10,14H,2-6,11H2,1H3. The average molecular weight is 292 g/mol. The molecule has 2 rings (SSSR count). The Morgan fingerprint density at radius 3 is 2.35 bits per heavy atom. The zero-order valence-electron chi connectivity index (χ0n) is 11.7. The molecular weight excluding hydrogens is 272 g/mol. The summed E-state index contributed by atoms with van der Waals surface area (Å²) in [6.45, 7) is 2.40. The van der Waals surface area contributed by atoms with Gasteiger partial charge in [-0.2, -0.15) is 9.57 Å². The SMILES string of the molecule is CCN(C1CCCC1)S(=O)(=O)c1ccc(CC#N)cc1. The second-order valence-corrected chi connectivity index (χ2v) is 7.02. The Hall–Kier alpha value is -1.38. The molecule has 0 amide bonds. The molecule has 1 aromatic carbocycles. The van der Waals surface area contributed by atoms with Crippen LogP contribution in [0.4, 0.5) is 0 Å². The topological polar surface area (TPSA) is 61.2 Å². The molecular formula is C15H20N2O2S. The molecule has 0 aliphatic heterocycles. The summed E-state index contributed by atoms with van der Waals surface area (Å²) in [7, 11) is -3.42. The average Bonchev–Trinajstić information content (AvgIpc) is 2.94. The van der Waals surface area contributed by atoms with Crippen LogP contribution in [0.5, 0.6) is 0 Å². The van der Waals surface area contributed by atoms with Gasteiger partial charge in [0.1, 0.15) is 0 Å². The van der Waals surface area contributed by atoms with Crippen molar-refractivity contribution in [1.29, 1.82) is 5.26 Å². The van der Waals surface area contributed by atoms with E-state index in [2.05, 4.69) is 6.07 Å². The minimum atomic E-state index is -3.42. The second-order valence-electron chi connectivity index (χ2n) is 5.13. The molecule has 4 nitrogen and oxygen atoms in total. The van der Waals surface area contributed by atoms with Gasteiger partial charge in [-0.15, -0.1) is 0 Å². The summed E-state index contributed by atoms with van der Waals surface area (Å²) in [4.78, 5) is 0.327. The highest BCUT2D eigenvalue weighted by molar-refractivity contribution is 7.89.